The molecule has 22 heavy (non-hydrogen) atoms. The SMILES string of the molecule is COC(C)c1cccc(-c2ccc(N3CCSCC3)nn2)c1. The minimum absolute atomic E-state index is 0.0815. The number of ether oxygens (including phenoxy) is 1. The van der Waals surface area contributed by atoms with Crippen molar-refractivity contribution in [2.75, 3.05) is 36.6 Å². The van der Waals surface area contributed by atoms with Gasteiger partial charge in [-0.1, -0.05) is 18.2 Å². The minimum atomic E-state index is 0.0815. The summed E-state index contributed by atoms with van der Waals surface area (Å²) in [5.41, 5.74) is 3.13. The Kier molecular flexibility index (Phi) is 4.95. The minimum Gasteiger partial charge on any atom is -0.377 e. The maximum Gasteiger partial charge on any atom is 0.151 e. The monoisotopic (exact) mass is 315 g/mol. The largest absolute Gasteiger partial charge is 0.377 e. The number of hydrogen-bond donors (Lipinski definition) is 0. The third kappa shape index (κ3) is 3.42. The Morgan fingerprint density at radius 3 is 2.64 bits per heavy atom. The molecule has 1 aromatic heterocycles. The van der Waals surface area contributed by atoms with Gasteiger partial charge in [-0.05, 0) is 30.7 Å². The number of benzene rings is 1. The van der Waals surface area contributed by atoms with Gasteiger partial charge in [-0.15, -0.1) is 10.2 Å². The molecule has 5 heteroatoms. The lowest BCUT2D eigenvalue weighted by molar-refractivity contribution is 0.119. The zero-order valence-electron chi connectivity index (χ0n) is 13.0. The quantitative estimate of drug-likeness (QED) is 0.864. The van der Waals surface area contributed by atoms with Gasteiger partial charge < -0.3 is 9.64 Å². The van der Waals surface area contributed by atoms with Crippen LogP contribution in [0, 0.1) is 0 Å². The third-order valence-electron chi connectivity index (χ3n) is 3.99. The number of aromatic nitrogens is 2. The van der Waals surface area contributed by atoms with E-state index in [1.54, 1.807) is 7.11 Å². The van der Waals surface area contributed by atoms with Crippen molar-refractivity contribution in [2.24, 2.45) is 0 Å². The third-order valence-corrected chi connectivity index (χ3v) is 4.93. The number of methoxy groups -OCH3 is 1. The predicted octanol–water partition coefficient (Wildman–Crippen LogP) is 3.40. The molecule has 0 aliphatic carbocycles. The highest BCUT2D eigenvalue weighted by Crippen LogP contribution is 2.24. The van der Waals surface area contributed by atoms with Crippen molar-refractivity contribution < 1.29 is 4.74 Å². The van der Waals surface area contributed by atoms with Crippen LogP contribution in [0.25, 0.3) is 11.3 Å². The van der Waals surface area contributed by atoms with Crippen LogP contribution in [-0.4, -0.2) is 41.9 Å². The number of hydrogen-bond acceptors (Lipinski definition) is 5. The second-order valence-corrected chi connectivity index (χ2v) is 6.60. The maximum atomic E-state index is 5.38. The van der Waals surface area contributed by atoms with Gasteiger partial charge in [-0.25, -0.2) is 0 Å². The van der Waals surface area contributed by atoms with Gasteiger partial charge >= 0.3 is 0 Å². The van der Waals surface area contributed by atoms with Gasteiger partial charge in [0.2, 0.25) is 0 Å². The highest BCUT2D eigenvalue weighted by Gasteiger charge is 2.13. The van der Waals surface area contributed by atoms with Gasteiger partial charge in [0.1, 0.15) is 0 Å². The first kappa shape index (κ1) is 15.3. The molecule has 4 nitrogen and oxygen atoms in total. The van der Waals surface area contributed by atoms with Gasteiger partial charge in [-0.3, -0.25) is 0 Å². The molecule has 0 bridgehead atoms. The normalized spacial score (nSPS) is 16.5. The van der Waals surface area contributed by atoms with Crippen LogP contribution in [0.5, 0.6) is 0 Å². The Morgan fingerprint density at radius 2 is 1.95 bits per heavy atom. The zero-order valence-corrected chi connectivity index (χ0v) is 13.8. The highest BCUT2D eigenvalue weighted by atomic mass is 32.2. The average Bonchev–Trinajstić information content (AvgIpc) is 2.62. The molecule has 2 aromatic rings. The van der Waals surface area contributed by atoms with Crippen LogP contribution in [0.1, 0.15) is 18.6 Å². The zero-order chi connectivity index (χ0) is 15.4. The summed E-state index contributed by atoms with van der Waals surface area (Å²) in [6.07, 6.45) is 0.0815. The summed E-state index contributed by atoms with van der Waals surface area (Å²) < 4.78 is 5.38. The molecule has 1 unspecified atom stereocenters. The maximum absolute atomic E-state index is 5.38. The fourth-order valence-corrected chi connectivity index (χ4v) is 3.43. The van der Waals surface area contributed by atoms with Crippen molar-refractivity contribution >= 4 is 17.6 Å². The van der Waals surface area contributed by atoms with E-state index in [0.29, 0.717) is 0 Å². The number of rotatable bonds is 4. The van der Waals surface area contributed by atoms with Crippen molar-refractivity contribution in [1.82, 2.24) is 10.2 Å². The average molecular weight is 315 g/mol. The lowest BCUT2D eigenvalue weighted by Crippen LogP contribution is -2.33. The summed E-state index contributed by atoms with van der Waals surface area (Å²) in [5.74, 6) is 3.31. The summed E-state index contributed by atoms with van der Waals surface area (Å²) in [6, 6.07) is 12.4. The van der Waals surface area contributed by atoms with E-state index in [2.05, 4.69) is 45.4 Å². The van der Waals surface area contributed by atoms with Crippen LogP contribution in [0.2, 0.25) is 0 Å². The molecular formula is C17H21N3OS. The summed E-state index contributed by atoms with van der Waals surface area (Å²) >= 11 is 2.00. The van der Waals surface area contributed by atoms with Gasteiger partial charge in [0.05, 0.1) is 11.8 Å². The lowest BCUT2D eigenvalue weighted by atomic mass is 10.0. The summed E-state index contributed by atoms with van der Waals surface area (Å²) in [7, 11) is 1.73. The number of anilines is 1. The molecule has 0 saturated carbocycles. The molecule has 1 aliphatic heterocycles. The Hall–Kier alpha value is -1.59. The molecule has 1 aliphatic rings. The Labute approximate surface area is 135 Å². The highest BCUT2D eigenvalue weighted by molar-refractivity contribution is 7.99. The lowest BCUT2D eigenvalue weighted by Gasteiger charge is -2.26. The first-order valence-corrected chi connectivity index (χ1v) is 8.73. The molecule has 116 valence electrons. The molecule has 0 amide bonds. The van der Waals surface area contributed by atoms with Crippen LogP contribution in [0.3, 0.4) is 0 Å². The van der Waals surface area contributed by atoms with E-state index < -0.39 is 0 Å². The fraction of sp³-hybridized carbons (Fsp3) is 0.412. The topological polar surface area (TPSA) is 38.2 Å². The van der Waals surface area contributed by atoms with Gasteiger partial charge in [0.25, 0.3) is 0 Å². The molecule has 0 radical (unpaired) electrons. The molecular weight excluding hydrogens is 294 g/mol. The second-order valence-electron chi connectivity index (χ2n) is 5.38. The van der Waals surface area contributed by atoms with Crippen LogP contribution in [0.4, 0.5) is 5.82 Å². The Morgan fingerprint density at radius 1 is 1.14 bits per heavy atom. The molecule has 2 heterocycles. The first-order chi connectivity index (χ1) is 10.8. The van der Waals surface area contributed by atoms with Gasteiger partial charge in [-0.2, -0.15) is 11.8 Å². The predicted molar refractivity (Wildman–Crippen MR) is 92.4 cm³/mol. The van der Waals surface area contributed by atoms with Crippen molar-refractivity contribution in [3.8, 4) is 11.3 Å². The number of thioether (sulfide) groups is 1. The fourth-order valence-electron chi connectivity index (χ4n) is 2.53. The van der Waals surface area contributed by atoms with E-state index in [9.17, 15) is 0 Å². The van der Waals surface area contributed by atoms with E-state index in [0.717, 1.165) is 35.7 Å². The molecule has 1 saturated heterocycles. The van der Waals surface area contributed by atoms with Crippen LogP contribution < -0.4 is 4.90 Å². The van der Waals surface area contributed by atoms with Gasteiger partial charge in [0, 0.05) is 37.3 Å². The van der Waals surface area contributed by atoms with E-state index >= 15 is 0 Å². The molecule has 1 atom stereocenters. The molecule has 1 fully saturated rings. The first-order valence-electron chi connectivity index (χ1n) is 7.57. The molecule has 0 N–H and O–H groups in total. The van der Waals surface area contributed by atoms with Crippen LogP contribution in [0.15, 0.2) is 36.4 Å². The van der Waals surface area contributed by atoms with Crippen molar-refractivity contribution in [2.45, 2.75) is 13.0 Å². The van der Waals surface area contributed by atoms with E-state index in [4.69, 9.17) is 4.74 Å². The summed E-state index contributed by atoms with van der Waals surface area (Å²) in [5, 5.41) is 8.82. The Balaban J connectivity index is 1.80. The van der Waals surface area contributed by atoms with Crippen LogP contribution in [-0.2, 0) is 4.74 Å². The van der Waals surface area contributed by atoms with E-state index in [1.165, 1.54) is 11.5 Å². The van der Waals surface area contributed by atoms with Crippen molar-refractivity contribution in [3.05, 3.63) is 42.0 Å². The van der Waals surface area contributed by atoms with Crippen molar-refractivity contribution in [3.63, 3.8) is 0 Å². The molecule has 3 rings (SSSR count). The molecule has 1 aromatic carbocycles. The van der Waals surface area contributed by atoms with Crippen molar-refractivity contribution in [1.29, 1.82) is 0 Å². The standard InChI is InChI=1S/C17H21N3OS/c1-13(21-2)14-4-3-5-15(12-14)16-6-7-17(19-18-16)20-8-10-22-11-9-20/h3-7,12-13H,8-11H2,1-2H3. The Bertz CT molecular complexity index is 612. The molecule has 0 spiro atoms. The van der Waals surface area contributed by atoms with E-state index in [-0.39, 0.29) is 6.10 Å². The van der Waals surface area contributed by atoms with E-state index in [1.807, 2.05) is 24.8 Å². The summed E-state index contributed by atoms with van der Waals surface area (Å²) in [6.45, 7) is 4.15. The second kappa shape index (κ2) is 7.11. The summed E-state index contributed by atoms with van der Waals surface area (Å²) in [4.78, 5) is 2.30. The number of nitrogens with zero attached hydrogens (tertiary/aromatic N) is 3. The van der Waals surface area contributed by atoms with Crippen LogP contribution >= 0.6 is 11.8 Å². The van der Waals surface area contributed by atoms with Gasteiger partial charge in [0.15, 0.2) is 5.82 Å². The smallest absolute Gasteiger partial charge is 0.151 e.